The van der Waals surface area contributed by atoms with E-state index in [4.69, 9.17) is 9.47 Å². The van der Waals surface area contributed by atoms with Crippen LogP contribution in [0.1, 0.15) is 38.4 Å². The molecule has 4 heteroatoms. The highest BCUT2D eigenvalue weighted by molar-refractivity contribution is 5.44. The van der Waals surface area contributed by atoms with Crippen molar-refractivity contribution in [1.29, 1.82) is 0 Å². The molecule has 1 N–H and O–H groups in total. The molecule has 0 aliphatic carbocycles. The highest BCUT2D eigenvalue weighted by atomic mass is 16.5. The van der Waals surface area contributed by atoms with Gasteiger partial charge in [-0.2, -0.15) is 0 Å². The summed E-state index contributed by atoms with van der Waals surface area (Å²) in [6, 6.07) is 6.20. The smallest absolute Gasteiger partial charge is 0.126 e. The van der Waals surface area contributed by atoms with Crippen LogP contribution in [-0.4, -0.2) is 41.8 Å². The molecule has 2 aliphatic heterocycles. The number of nitrogens with zero attached hydrogens (tertiary/aromatic N) is 1. The first-order valence-electron chi connectivity index (χ1n) is 7.32. The van der Waals surface area contributed by atoms with Crippen LogP contribution in [0.2, 0.25) is 0 Å². The van der Waals surface area contributed by atoms with Crippen LogP contribution in [0, 0.1) is 0 Å². The number of aliphatic hydroxyl groups excluding tert-OH is 1. The number of fused-ring (bicyclic) bond motifs is 1. The van der Waals surface area contributed by atoms with Crippen molar-refractivity contribution in [3.05, 3.63) is 23.8 Å². The average molecular weight is 277 g/mol. The summed E-state index contributed by atoms with van der Waals surface area (Å²) in [5, 5.41) is 10.5. The third-order valence-corrected chi connectivity index (χ3v) is 4.54. The normalized spacial score (nSPS) is 29.6. The molecule has 1 aromatic rings. The van der Waals surface area contributed by atoms with Gasteiger partial charge < -0.3 is 14.6 Å². The molecule has 0 bridgehead atoms. The fraction of sp³-hybridized carbons (Fsp3) is 0.625. The Balaban J connectivity index is 1.86. The first-order valence-corrected chi connectivity index (χ1v) is 7.32. The molecule has 3 rings (SSSR count). The second-order valence-corrected chi connectivity index (χ2v) is 6.22. The van der Waals surface area contributed by atoms with E-state index >= 15 is 0 Å². The highest BCUT2D eigenvalue weighted by Crippen LogP contribution is 2.45. The van der Waals surface area contributed by atoms with Crippen LogP contribution in [0.25, 0.3) is 0 Å². The molecule has 0 aromatic heterocycles. The molecule has 0 saturated carbocycles. The third-order valence-electron chi connectivity index (χ3n) is 4.54. The molecule has 20 heavy (non-hydrogen) atoms. The number of benzene rings is 1. The Morgan fingerprint density at radius 3 is 2.90 bits per heavy atom. The Kier molecular flexibility index (Phi) is 3.38. The van der Waals surface area contributed by atoms with Crippen molar-refractivity contribution in [2.45, 2.75) is 44.4 Å². The summed E-state index contributed by atoms with van der Waals surface area (Å²) < 4.78 is 11.5. The monoisotopic (exact) mass is 277 g/mol. The number of likely N-dealkylation sites (tertiary alicyclic amines) is 1. The van der Waals surface area contributed by atoms with Crippen molar-refractivity contribution in [2.75, 3.05) is 20.2 Å². The van der Waals surface area contributed by atoms with Crippen LogP contribution in [0.15, 0.2) is 18.2 Å². The van der Waals surface area contributed by atoms with Crippen molar-refractivity contribution in [3.63, 3.8) is 0 Å². The number of rotatable bonds is 2. The van der Waals surface area contributed by atoms with Gasteiger partial charge in [0.05, 0.1) is 13.2 Å². The lowest BCUT2D eigenvalue weighted by atomic mass is 9.88. The van der Waals surface area contributed by atoms with Gasteiger partial charge in [-0.1, -0.05) is 0 Å². The Labute approximate surface area is 120 Å². The van der Waals surface area contributed by atoms with Gasteiger partial charge in [-0.25, -0.2) is 0 Å². The molecule has 0 radical (unpaired) electrons. The first-order chi connectivity index (χ1) is 9.53. The van der Waals surface area contributed by atoms with E-state index in [1.165, 1.54) is 0 Å². The number of hydrogen-bond donors (Lipinski definition) is 1. The van der Waals surface area contributed by atoms with Crippen LogP contribution in [0.5, 0.6) is 11.5 Å². The summed E-state index contributed by atoms with van der Waals surface area (Å²) in [5.74, 6) is 1.56. The van der Waals surface area contributed by atoms with Crippen LogP contribution in [-0.2, 0) is 0 Å². The quantitative estimate of drug-likeness (QED) is 0.901. The molecular weight excluding hydrogens is 254 g/mol. The van der Waals surface area contributed by atoms with Gasteiger partial charge in [0.1, 0.15) is 17.1 Å². The molecule has 2 atom stereocenters. The maximum Gasteiger partial charge on any atom is 0.126 e. The Morgan fingerprint density at radius 1 is 1.45 bits per heavy atom. The predicted octanol–water partition coefficient (Wildman–Crippen LogP) is 2.36. The zero-order chi connectivity index (χ0) is 14.3. The number of hydrogen-bond acceptors (Lipinski definition) is 4. The van der Waals surface area contributed by atoms with E-state index in [1.54, 1.807) is 7.11 Å². The Morgan fingerprint density at radius 2 is 2.25 bits per heavy atom. The second-order valence-electron chi connectivity index (χ2n) is 6.22. The van der Waals surface area contributed by atoms with Crippen molar-refractivity contribution >= 4 is 0 Å². The Hall–Kier alpha value is -1.26. The van der Waals surface area contributed by atoms with Gasteiger partial charge >= 0.3 is 0 Å². The third kappa shape index (κ3) is 2.27. The molecule has 2 heterocycles. The second kappa shape index (κ2) is 4.93. The maximum absolute atomic E-state index is 10.5. The van der Waals surface area contributed by atoms with E-state index in [-0.39, 0.29) is 5.60 Å². The van der Waals surface area contributed by atoms with Gasteiger partial charge in [0.2, 0.25) is 0 Å². The van der Waals surface area contributed by atoms with E-state index in [2.05, 4.69) is 18.7 Å². The number of methoxy groups -OCH3 is 1. The van der Waals surface area contributed by atoms with Crippen molar-refractivity contribution < 1.29 is 14.6 Å². The van der Waals surface area contributed by atoms with E-state index in [1.807, 2.05) is 18.2 Å². The maximum atomic E-state index is 10.5. The van der Waals surface area contributed by atoms with Crippen LogP contribution < -0.4 is 9.47 Å². The Bertz CT molecular complexity index is 502. The van der Waals surface area contributed by atoms with Gasteiger partial charge in [0, 0.05) is 37.5 Å². The molecule has 2 aliphatic rings. The minimum atomic E-state index is -0.471. The summed E-state index contributed by atoms with van der Waals surface area (Å²) in [4.78, 5) is 2.42. The summed E-state index contributed by atoms with van der Waals surface area (Å²) in [6.07, 6.45) is 1.17. The molecule has 2 unspecified atom stereocenters. The molecule has 4 nitrogen and oxygen atoms in total. The number of ether oxygens (including phenoxy) is 2. The molecule has 0 amide bonds. The van der Waals surface area contributed by atoms with E-state index in [9.17, 15) is 5.11 Å². The fourth-order valence-electron chi connectivity index (χ4n) is 3.31. The number of aliphatic hydroxyl groups is 1. The summed E-state index contributed by atoms with van der Waals surface area (Å²) >= 11 is 0. The minimum Gasteiger partial charge on any atom is -0.497 e. The van der Waals surface area contributed by atoms with Crippen LogP contribution in [0.4, 0.5) is 0 Å². The summed E-state index contributed by atoms with van der Waals surface area (Å²) in [5.41, 5.74) is 0.614. The molecule has 1 aromatic carbocycles. The van der Waals surface area contributed by atoms with Crippen LogP contribution in [0.3, 0.4) is 0 Å². The predicted molar refractivity (Wildman–Crippen MR) is 77.3 cm³/mol. The first kappa shape index (κ1) is 13.7. The molecule has 1 saturated heterocycles. The topological polar surface area (TPSA) is 41.9 Å². The standard InChI is InChI=1S/C16H23NO3/c1-11(2)17-7-6-16(10-17)9-14(18)13-8-12(19-3)4-5-15(13)20-16/h4-5,8,11,14,18H,6-7,9-10H2,1-3H3. The van der Waals surface area contributed by atoms with Gasteiger partial charge in [0.25, 0.3) is 0 Å². The molecular formula is C16H23NO3. The van der Waals surface area contributed by atoms with Gasteiger partial charge in [0.15, 0.2) is 0 Å². The fourth-order valence-corrected chi connectivity index (χ4v) is 3.31. The van der Waals surface area contributed by atoms with Crippen molar-refractivity contribution in [3.8, 4) is 11.5 Å². The lowest BCUT2D eigenvalue weighted by molar-refractivity contribution is -0.00903. The van der Waals surface area contributed by atoms with E-state index in [0.29, 0.717) is 12.5 Å². The molecule has 1 spiro atoms. The average Bonchev–Trinajstić information content (AvgIpc) is 2.82. The summed E-state index contributed by atoms with van der Waals surface area (Å²) in [6.45, 7) is 6.34. The van der Waals surface area contributed by atoms with E-state index in [0.717, 1.165) is 36.6 Å². The van der Waals surface area contributed by atoms with Crippen molar-refractivity contribution in [2.24, 2.45) is 0 Å². The van der Waals surface area contributed by atoms with Crippen molar-refractivity contribution in [1.82, 2.24) is 4.90 Å². The van der Waals surface area contributed by atoms with Gasteiger partial charge in [-0.15, -0.1) is 0 Å². The lowest BCUT2D eigenvalue weighted by Crippen LogP contribution is -2.44. The summed E-state index contributed by atoms with van der Waals surface area (Å²) in [7, 11) is 1.64. The van der Waals surface area contributed by atoms with Gasteiger partial charge in [-0.3, -0.25) is 4.90 Å². The van der Waals surface area contributed by atoms with E-state index < -0.39 is 6.10 Å². The largest absolute Gasteiger partial charge is 0.497 e. The zero-order valence-electron chi connectivity index (χ0n) is 12.4. The van der Waals surface area contributed by atoms with Gasteiger partial charge in [-0.05, 0) is 32.0 Å². The minimum absolute atomic E-state index is 0.231. The lowest BCUT2D eigenvalue weighted by Gasteiger charge is -2.38. The SMILES string of the molecule is COc1ccc2c(c1)C(O)CC1(CCN(C(C)C)C1)O2. The highest BCUT2D eigenvalue weighted by Gasteiger charge is 2.46. The van der Waals surface area contributed by atoms with Crippen LogP contribution >= 0.6 is 0 Å². The molecule has 110 valence electrons. The molecule has 1 fully saturated rings. The zero-order valence-corrected chi connectivity index (χ0v) is 12.4.